The molecule has 0 atom stereocenters. The van der Waals surface area contributed by atoms with Gasteiger partial charge in [0.25, 0.3) is 5.91 Å². The molecule has 146 valence electrons. The van der Waals surface area contributed by atoms with Gasteiger partial charge in [-0.25, -0.2) is 13.8 Å². The van der Waals surface area contributed by atoms with E-state index in [1.54, 1.807) is 23.6 Å². The minimum atomic E-state index is -0.536. The minimum absolute atomic E-state index is 0.258. The second kappa shape index (κ2) is 7.69. The van der Waals surface area contributed by atoms with E-state index in [1.807, 2.05) is 0 Å². The van der Waals surface area contributed by atoms with Crippen LogP contribution in [0.2, 0.25) is 0 Å². The van der Waals surface area contributed by atoms with Crippen molar-refractivity contribution in [1.29, 1.82) is 0 Å². The second-order valence-corrected chi connectivity index (χ2v) is 8.10. The van der Waals surface area contributed by atoms with E-state index in [2.05, 4.69) is 15.6 Å². The van der Waals surface area contributed by atoms with Gasteiger partial charge in [0, 0.05) is 28.3 Å². The summed E-state index contributed by atoms with van der Waals surface area (Å²) in [5.41, 5.74) is 0.979. The number of carbonyl (C=O) groups excluding carboxylic acids is 2. The zero-order chi connectivity index (χ0) is 20.5. The Balaban J connectivity index is 1.52. The maximum absolute atomic E-state index is 14.4. The van der Waals surface area contributed by atoms with Gasteiger partial charge in [0.15, 0.2) is 5.13 Å². The predicted octanol–water partition coefficient (Wildman–Crippen LogP) is 5.51. The summed E-state index contributed by atoms with van der Waals surface area (Å²) in [6.45, 7) is 1.34. The molecule has 0 fully saturated rings. The highest BCUT2D eigenvalue weighted by Gasteiger charge is 2.15. The van der Waals surface area contributed by atoms with Gasteiger partial charge in [0.05, 0.1) is 10.6 Å². The molecule has 4 aromatic rings. The van der Waals surface area contributed by atoms with E-state index in [0.29, 0.717) is 26.8 Å². The Kier molecular flexibility index (Phi) is 5.08. The number of anilines is 2. The van der Waals surface area contributed by atoms with Gasteiger partial charge in [-0.05, 0) is 47.9 Å². The van der Waals surface area contributed by atoms with Crippen LogP contribution in [0.4, 0.5) is 19.6 Å². The Hall–Kier alpha value is -3.17. The smallest absolute Gasteiger partial charge is 0.267 e. The van der Waals surface area contributed by atoms with E-state index in [4.69, 9.17) is 0 Å². The zero-order valence-corrected chi connectivity index (χ0v) is 16.6. The van der Waals surface area contributed by atoms with Crippen LogP contribution in [0.25, 0.3) is 21.3 Å². The average molecular weight is 429 g/mol. The number of halogens is 2. The Morgan fingerprint density at radius 2 is 1.86 bits per heavy atom. The number of rotatable bonds is 4. The first-order chi connectivity index (χ1) is 13.9. The number of thiazole rings is 1. The van der Waals surface area contributed by atoms with Crippen molar-refractivity contribution < 1.29 is 18.4 Å². The Bertz CT molecular complexity index is 1250. The van der Waals surface area contributed by atoms with Crippen LogP contribution in [-0.4, -0.2) is 16.8 Å². The summed E-state index contributed by atoms with van der Waals surface area (Å²) in [5.74, 6) is -1.56. The van der Waals surface area contributed by atoms with Crippen molar-refractivity contribution in [2.24, 2.45) is 0 Å². The molecule has 2 aromatic carbocycles. The topological polar surface area (TPSA) is 71.1 Å². The van der Waals surface area contributed by atoms with Crippen molar-refractivity contribution >= 4 is 55.4 Å². The van der Waals surface area contributed by atoms with Crippen LogP contribution in [0.3, 0.4) is 0 Å². The molecular weight excluding hydrogens is 416 g/mol. The third-order valence-electron chi connectivity index (χ3n) is 3.99. The van der Waals surface area contributed by atoms with Gasteiger partial charge < -0.3 is 5.32 Å². The molecule has 0 bridgehead atoms. The summed E-state index contributed by atoms with van der Waals surface area (Å²) in [6, 6.07) is 10.3. The van der Waals surface area contributed by atoms with E-state index >= 15 is 0 Å². The van der Waals surface area contributed by atoms with Crippen LogP contribution in [0, 0.1) is 11.6 Å². The highest BCUT2D eigenvalue weighted by Crippen LogP contribution is 2.30. The largest absolute Gasteiger partial charge is 0.326 e. The SMILES string of the molecule is CC(=O)Nc1ccc(-c2csc(NC(=O)c3cc4cc(F)ccc4s3)n2)c(F)c1. The lowest BCUT2D eigenvalue weighted by Gasteiger charge is -2.04. The molecule has 9 heteroatoms. The van der Waals surface area contributed by atoms with Crippen LogP contribution in [0.5, 0.6) is 0 Å². The number of amides is 2. The minimum Gasteiger partial charge on any atom is -0.326 e. The number of nitrogens with one attached hydrogen (secondary N) is 2. The van der Waals surface area contributed by atoms with Gasteiger partial charge in [0.1, 0.15) is 11.6 Å². The van der Waals surface area contributed by atoms with Gasteiger partial charge in [-0.1, -0.05) is 0 Å². The lowest BCUT2D eigenvalue weighted by Crippen LogP contribution is -2.09. The fraction of sp³-hybridized carbons (Fsp3) is 0.0500. The molecule has 0 saturated carbocycles. The molecule has 0 aliphatic carbocycles. The van der Waals surface area contributed by atoms with Crippen LogP contribution >= 0.6 is 22.7 Å². The molecule has 5 nitrogen and oxygen atoms in total. The van der Waals surface area contributed by atoms with Crippen molar-refractivity contribution in [2.45, 2.75) is 6.92 Å². The number of hydrogen-bond acceptors (Lipinski definition) is 5. The van der Waals surface area contributed by atoms with Gasteiger partial charge in [-0.3, -0.25) is 14.9 Å². The molecule has 0 radical (unpaired) electrons. The maximum Gasteiger partial charge on any atom is 0.267 e. The zero-order valence-electron chi connectivity index (χ0n) is 15.0. The summed E-state index contributed by atoms with van der Waals surface area (Å²) in [5, 5.41) is 7.80. The number of hydrogen-bond donors (Lipinski definition) is 2. The Morgan fingerprint density at radius 1 is 1.03 bits per heavy atom. The lowest BCUT2D eigenvalue weighted by molar-refractivity contribution is -0.114. The molecule has 2 heterocycles. The van der Waals surface area contributed by atoms with Crippen LogP contribution in [-0.2, 0) is 4.79 Å². The third kappa shape index (κ3) is 4.15. The first-order valence-corrected chi connectivity index (χ1v) is 10.1. The number of benzene rings is 2. The van der Waals surface area contributed by atoms with Gasteiger partial charge in [0.2, 0.25) is 5.91 Å². The number of aromatic nitrogens is 1. The summed E-state index contributed by atoms with van der Waals surface area (Å²) < 4.78 is 28.5. The summed E-state index contributed by atoms with van der Waals surface area (Å²) in [7, 11) is 0. The average Bonchev–Trinajstić information content (AvgIpc) is 3.27. The van der Waals surface area contributed by atoms with Crippen LogP contribution < -0.4 is 10.6 Å². The molecule has 0 spiro atoms. The van der Waals surface area contributed by atoms with Crippen molar-refractivity contribution in [1.82, 2.24) is 4.98 Å². The second-order valence-electron chi connectivity index (χ2n) is 6.16. The molecule has 2 N–H and O–H groups in total. The van der Waals surface area contributed by atoms with E-state index < -0.39 is 5.82 Å². The van der Waals surface area contributed by atoms with E-state index in [9.17, 15) is 18.4 Å². The number of thiophene rings is 1. The molecule has 4 rings (SSSR count). The third-order valence-corrected chi connectivity index (χ3v) is 5.86. The van der Waals surface area contributed by atoms with E-state index in [-0.39, 0.29) is 23.2 Å². The standard InChI is InChI=1S/C20H13F2N3O2S2/c1-10(26)23-13-3-4-14(15(22)8-13)16-9-28-20(24-16)25-19(27)18-7-11-6-12(21)2-5-17(11)29-18/h2-9H,1H3,(H,23,26)(H,24,25,27). The highest BCUT2D eigenvalue weighted by atomic mass is 32.1. The highest BCUT2D eigenvalue weighted by molar-refractivity contribution is 7.21. The van der Waals surface area contributed by atoms with Gasteiger partial charge >= 0.3 is 0 Å². The summed E-state index contributed by atoms with van der Waals surface area (Å²) in [4.78, 5) is 28.3. The summed E-state index contributed by atoms with van der Waals surface area (Å²) >= 11 is 2.41. The molecule has 0 saturated heterocycles. The first-order valence-electron chi connectivity index (χ1n) is 8.42. The van der Waals surface area contributed by atoms with Crippen molar-refractivity contribution in [3.05, 3.63) is 64.4 Å². The number of nitrogens with zero attached hydrogens (tertiary/aromatic N) is 1. The van der Waals surface area contributed by atoms with Crippen molar-refractivity contribution in [3.8, 4) is 11.3 Å². The van der Waals surface area contributed by atoms with Crippen molar-refractivity contribution in [3.63, 3.8) is 0 Å². The molecule has 0 aliphatic rings. The molecule has 2 aromatic heterocycles. The fourth-order valence-corrected chi connectivity index (χ4v) is 4.39. The van der Waals surface area contributed by atoms with Gasteiger partial charge in [-0.2, -0.15) is 0 Å². The predicted molar refractivity (Wildman–Crippen MR) is 112 cm³/mol. The first kappa shape index (κ1) is 19.2. The molecular formula is C20H13F2N3O2S2. The Morgan fingerprint density at radius 3 is 2.62 bits per heavy atom. The van der Waals surface area contributed by atoms with Crippen LogP contribution in [0.1, 0.15) is 16.6 Å². The Labute approximate surface area is 172 Å². The van der Waals surface area contributed by atoms with E-state index in [1.165, 1.54) is 53.9 Å². The number of fused-ring (bicyclic) bond motifs is 1. The summed E-state index contributed by atoms with van der Waals surface area (Å²) in [6.07, 6.45) is 0. The normalized spacial score (nSPS) is 10.9. The molecule has 0 aliphatic heterocycles. The monoisotopic (exact) mass is 429 g/mol. The number of carbonyl (C=O) groups is 2. The lowest BCUT2D eigenvalue weighted by atomic mass is 10.1. The fourth-order valence-electron chi connectivity index (χ4n) is 2.74. The van der Waals surface area contributed by atoms with Gasteiger partial charge in [-0.15, -0.1) is 22.7 Å². The van der Waals surface area contributed by atoms with Crippen molar-refractivity contribution in [2.75, 3.05) is 10.6 Å². The quantitative estimate of drug-likeness (QED) is 0.449. The van der Waals surface area contributed by atoms with E-state index in [0.717, 1.165) is 4.70 Å². The van der Waals surface area contributed by atoms with Crippen LogP contribution in [0.15, 0.2) is 47.8 Å². The molecule has 0 unspecified atom stereocenters. The maximum atomic E-state index is 14.4. The molecule has 2 amide bonds. The molecule has 29 heavy (non-hydrogen) atoms.